The molecule has 3 atom stereocenters. The van der Waals surface area contributed by atoms with E-state index in [0.717, 1.165) is 69.3 Å². The van der Waals surface area contributed by atoms with Gasteiger partial charge in [-0.05, 0) is 202 Å². The molecule has 1 N–H and O–H groups in total. The molecule has 0 radical (unpaired) electrons. The molecule has 3 unspecified atom stereocenters. The number of hydrogen-bond acceptors (Lipinski definition) is 10. The van der Waals surface area contributed by atoms with Crippen LogP contribution in [0.1, 0.15) is 71.1 Å². The molecule has 5 aromatic carbocycles. The molecule has 75 heavy (non-hydrogen) atoms. The summed E-state index contributed by atoms with van der Waals surface area (Å²) >= 11 is 9.99. The van der Waals surface area contributed by atoms with Crippen molar-refractivity contribution >= 4 is 39.5 Å². The summed E-state index contributed by atoms with van der Waals surface area (Å²) in [5.74, 6) is 4.76. The van der Waals surface area contributed by atoms with E-state index in [1.165, 1.54) is 95.1 Å². The van der Waals surface area contributed by atoms with Crippen LogP contribution in [0.5, 0.6) is 23.0 Å². The lowest BCUT2D eigenvalue weighted by molar-refractivity contribution is -0.0227. The highest BCUT2D eigenvalue weighted by Crippen LogP contribution is 2.38. The highest BCUT2D eigenvalue weighted by molar-refractivity contribution is 9.10. The van der Waals surface area contributed by atoms with E-state index < -0.39 is 0 Å². The fraction of sp³-hybridized carbons (Fsp3) is 0.403. The van der Waals surface area contributed by atoms with Crippen molar-refractivity contribution in [3.05, 3.63) is 164 Å². The summed E-state index contributed by atoms with van der Waals surface area (Å²) in [7, 11) is 0. The molecule has 9 aliphatic rings. The Balaban J connectivity index is 0.000000206. The highest BCUT2D eigenvalue weighted by atomic mass is 79.9. The van der Waals surface area contributed by atoms with Crippen LogP contribution in [0.2, 0.25) is 5.02 Å². The number of benzene rings is 5. The first-order valence-corrected chi connectivity index (χ1v) is 27.8. The predicted octanol–water partition coefficient (Wildman–Crippen LogP) is 12.7. The predicted molar refractivity (Wildman–Crippen MR) is 299 cm³/mol. The molecule has 11 nitrogen and oxygen atoms in total. The van der Waals surface area contributed by atoms with Crippen LogP contribution in [-0.2, 0) is 13.2 Å². The Kier molecular flexibility index (Phi) is 17.2. The Labute approximate surface area is 455 Å². The lowest BCUT2D eigenvalue weighted by Gasteiger charge is -2.44. The highest BCUT2D eigenvalue weighted by Gasteiger charge is 2.37. The summed E-state index contributed by atoms with van der Waals surface area (Å²) in [6, 6.07) is 34.3. The van der Waals surface area contributed by atoms with E-state index in [-0.39, 0.29) is 25.4 Å². The van der Waals surface area contributed by atoms with Gasteiger partial charge in [-0.2, -0.15) is 0 Å². The van der Waals surface area contributed by atoms with E-state index in [1.54, 1.807) is 24.4 Å². The minimum atomic E-state index is -0.00694. The molecule has 9 saturated heterocycles. The standard InChI is InChI=1S/C42H38ClN3O4.C13H16BrNO.C7H13NO/c1-27-32(26-49-41-20-40(33(24-47)19-39(41)43)48-25-29-18-34(44-3)22-45-21-29)6-4-8-37(27)38-9-5-7-36(28(38)2)30-10-12-35(13-11-30)50-42-23-46-16-14-31(42)15-17-46;14-11-1-3-12(4-2-11)16-13-9-15-7-5-10(13)6-8-15;9-7-5-8-3-1-6(7)2-4-8/h4-13,18-22,24,31,42H,14-17,23,25-26H2,1-2H3;1-4,10,13H,5-9H2;6-7,9H,1-5H2. The number of piperidine rings is 9. The molecular formula is C62H67BrClN5O6. The second kappa shape index (κ2) is 24.5. The van der Waals surface area contributed by atoms with Crippen molar-refractivity contribution in [2.45, 2.75) is 83.9 Å². The molecule has 6 bridgehead atoms. The number of carbonyl (C=O) groups is 1. The van der Waals surface area contributed by atoms with Gasteiger partial charge < -0.3 is 29.0 Å². The molecule has 13 heteroatoms. The maximum absolute atomic E-state index is 11.8. The molecule has 0 amide bonds. The summed E-state index contributed by atoms with van der Waals surface area (Å²) in [6.07, 6.45) is 12.0. The van der Waals surface area contributed by atoms with E-state index in [9.17, 15) is 9.90 Å². The van der Waals surface area contributed by atoms with Crippen LogP contribution < -0.4 is 18.9 Å². The van der Waals surface area contributed by atoms with Crippen molar-refractivity contribution < 1.29 is 28.8 Å². The van der Waals surface area contributed by atoms with E-state index in [0.29, 0.717) is 57.6 Å². The Bertz CT molecular complexity index is 2950. The quantitative estimate of drug-likeness (QED) is 0.0889. The second-order valence-electron chi connectivity index (χ2n) is 21.0. The van der Waals surface area contributed by atoms with Crippen LogP contribution in [0.25, 0.3) is 27.1 Å². The van der Waals surface area contributed by atoms with Crippen molar-refractivity contribution in [2.75, 3.05) is 58.9 Å². The molecule has 0 saturated carbocycles. The summed E-state index contributed by atoms with van der Waals surface area (Å²) < 4.78 is 25.8. The Morgan fingerprint density at radius 1 is 0.667 bits per heavy atom. The van der Waals surface area contributed by atoms with Crippen LogP contribution >= 0.6 is 27.5 Å². The third kappa shape index (κ3) is 12.9. The topological polar surface area (TPSA) is 101 Å². The van der Waals surface area contributed by atoms with Crippen molar-refractivity contribution in [3.8, 4) is 45.3 Å². The third-order valence-electron chi connectivity index (χ3n) is 16.3. The van der Waals surface area contributed by atoms with Gasteiger partial charge in [-0.1, -0.05) is 76.1 Å². The van der Waals surface area contributed by atoms with Crippen LogP contribution in [0.4, 0.5) is 5.69 Å². The average molecular weight is 1090 g/mol. The first-order chi connectivity index (χ1) is 36.6. The Hall–Kier alpha value is -5.78. The molecular weight excluding hydrogens is 1030 g/mol. The summed E-state index contributed by atoms with van der Waals surface area (Å²) in [4.78, 5) is 26.7. The smallest absolute Gasteiger partial charge is 0.205 e. The fourth-order valence-electron chi connectivity index (χ4n) is 11.8. The number of carbonyl (C=O) groups excluding carboxylic acids is 1. The average Bonchev–Trinajstić information content (AvgIpc) is 3.45. The van der Waals surface area contributed by atoms with Gasteiger partial charge in [-0.3, -0.25) is 19.6 Å². The van der Waals surface area contributed by atoms with Gasteiger partial charge in [-0.15, -0.1) is 0 Å². The first kappa shape index (κ1) is 52.7. The van der Waals surface area contributed by atoms with Gasteiger partial charge in [0.25, 0.3) is 0 Å². The molecule has 6 aromatic rings. The second-order valence-corrected chi connectivity index (χ2v) is 22.3. The molecule has 0 aliphatic carbocycles. The molecule has 390 valence electrons. The molecule has 1 aromatic heterocycles. The number of aldehydes is 1. The fourth-order valence-corrected chi connectivity index (χ4v) is 12.3. The lowest BCUT2D eigenvalue weighted by Crippen LogP contribution is -2.52. The minimum absolute atomic E-state index is 0.00694. The van der Waals surface area contributed by atoms with E-state index >= 15 is 0 Å². The van der Waals surface area contributed by atoms with Gasteiger partial charge in [0.2, 0.25) is 5.69 Å². The SMILES string of the molecule is Brc1ccc(OC2CN3CCC2CC3)cc1.OC1CN2CCC1CC2.[C-]#[N+]c1cncc(COc2cc(OCc3cccc(-c4cccc(-c5ccc(OC6CN7CCC6CC7)cc5)c4C)c3C)c(Cl)cc2C=O)c1. The zero-order chi connectivity index (χ0) is 51.8. The Morgan fingerprint density at radius 3 is 1.75 bits per heavy atom. The third-order valence-corrected chi connectivity index (χ3v) is 17.1. The first-order valence-electron chi connectivity index (χ1n) is 26.7. The number of ether oxygens (including phenoxy) is 4. The summed E-state index contributed by atoms with van der Waals surface area (Å²) in [6.45, 7) is 22.4. The number of fused-ring (bicyclic) bond motifs is 9. The summed E-state index contributed by atoms with van der Waals surface area (Å²) in [5, 5.41) is 9.67. The van der Waals surface area contributed by atoms with Crippen molar-refractivity contribution in [3.63, 3.8) is 0 Å². The van der Waals surface area contributed by atoms with Crippen LogP contribution in [-0.4, -0.2) is 108 Å². The largest absolute Gasteiger partial charge is 0.489 e. The van der Waals surface area contributed by atoms with E-state index in [4.69, 9.17) is 37.1 Å². The number of aromatic nitrogens is 1. The van der Waals surface area contributed by atoms with Gasteiger partial charge in [-0.25, -0.2) is 4.85 Å². The van der Waals surface area contributed by atoms with Gasteiger partial charge in [0, 0.05) is 42.6 Å². The normalized spacial score (nSPS) is 24.9. The van der Waals surface area contributed by atoms with Crippen LogP contribution in [0.15, 0.2) is 120 Å². The number of hydrogen-bond donors (Lipinski definition) is 1. The number of rotatable bonds is 13. The minimum Gasteiger partial charge on any atom is -0.489 e. The maximum atomic E-state index is 11.8. The van der Waals surface area contributed by atoms with Gasteiger partial charge >= 0.3 is 0 Å². The van der Waals surface area contributed by atoms with Crippen molar-refractivity contribution in [2.24, 2.45) is 17.8 Å². The maximum Gasteiger partial charge on any atom is 0.205 e. The van der Waals surface area contributed by atoms with Crippen molar-refractivity contribution in [1.82, 2.24) is 19.7 Å². The molecule has 9 aliphatic heterocycles. The Morgan fingerprint density at radius 2 is 1.21 bits per heavy atom. The molecule has 10 heterocycles. The van der Waals surface area contributed by atoms with Gasteiger partial charge in [0.1, 0.15) is 48.4 Å². The zero-order valence-corrected chi connectivity index (χ0v) is 45.4. The number of halogens is 2. The zero-order valence-electron chi connectivity index (χ0n) is 43.0. The molecule has 15 rings (SSSR count). The van der Waals surface area contributed by atoms with Gasteiger partial charge in [0.05, 0.1) is 23.3 Å². The van der Waals surface area contributed by atoms with E-state index in [1.807, 2.05) is 36.4 Å². The van der Waals surface area contributed by atoms with Crippen LogP contribution in [0.3, 0.4) is 0 Å². The number of pyridine rings is 1. The number of aliphatic hydroxyl groups is 1. The lowest BCUT2D eigenvalue weighted by atomic mass is 9.86. The monoisotopic (exact) mass is 1090 g/mol. The van der Waals surface area contributed by atoms with Crippen LogP contribution in [0, 0.1) is 38.2 Å². The molecule has 0 spiro atoms. The number of aliphatic hydroxyl groups excluding tert-OH is 1. The van der Waals surface area contributed by atoms with Crippen molar-refractivity contribution in [1.29, 1.82) is 0 Å². The number of nitrogens with zero attached hydrogens (tertiary/aromatic N) is 5. The summed E-state index contributed by atoms with van der Waals surface area (Å²) in [5.41, 5.74) is 9.40. The van der Waals surface area contributed by atoms with E-state index in [2.05, 4.69) is 103 Å². The van der Waals surface area contributed by atoms with Gasteiger partial charge in [0.15, 0.2) is 6.29 Å². The molecule has 9 fully saturated rings.